The standard InChI is InChI=1S/C69H47N/c1-68(47-23-8-3-9-24-47)64-36-20-34-53(46-21-6-2-7-22-46)67(64)61-42-39-51(44-65(61)68)70(50-37-40-58-56-31-15-14-29-54(56)55-30-16-17-32-57(55)62(58)43-50)52-38-41-60-59-33-18-19-35-63(59)69(66(60)45-52,48-25-10-4-11-26-48)49-27-12-5-13-28-49/h2-45H,1H3. The van der Waals surface area contributed by atoms with Crippen LogP contribution in [0.2, 0.25) is 0 Å². The minimum atomic E-state index is -0.548. The molecule has 0 radical (unpaired) electrons. The average molecular weight is 890 g/mol. The third-order valence-electron chi connectivity index (χ3n) is 15.8. The van der Waals surface area contributed by atoms with E-state index < -0.39 is 10.8 Å². The van der Waals surface area contributed by atoms with Gasteiger partial charge in [-0.15, -0.1) is 0 Å². The van der Waals surface area contributed by atoms with Crippen molar-refractivity contribution in [3.63, 3.8) is 0 Å². The Balaban J connectivity index is 1.06. The summed E-state index contributed by atoms with van der Waals surface area (Å²) in [6.07, 6.45) is 0. The Morgan fingerprint density at radius 2 is 0.700 bits per heavy atom. The molecule has 14 rings (SSSR count). The number of hydrogen-bond donors (Lipinski definition) is 0. The molecule has 1 heteroatoms. The zero-order valence-corrected chi connectivity index (χ0v) is 38.9. The SMILES string of the molecule is CC1(c2ccccc2)c2cc(N(c3ccc4c(c3)C(c3ccccc3)(c3ccccc3)c3ccccc3-4)c3ccc4c5ccccc5c5ccccc5c4c3)ccc2-c2c(-c3ccccc3)cccc21. The fourth-order valence-electron chi connectivity index (χ4n) is 12.7. The second-order valence-electron chi connectivity index (χ2n) is 19.2. The molecule has 12 aromatic rings. The molecule has 0 aliphatic heterocycles. The molecule has 1 atom stereocenters. The summed E-state index contributed by atoms with van der Waals surface area (Å²) < 4.78 is 0. The van der Waals surface area contributed by atoms with Crippen LogP contribution in [0, 0.1) is 0 Å². The van der Waals surface area contributed by atoms with Crippen LogP contribution in [0.15, 0.2) is 267 Å². The second-order valence-corrected chi connectivity index (χ2v) is 19.2. The summed E-state index contributed by atoms with van der Waals surface area (Å²) in [7, 11) is 0. The van der Waals surface area contributed by atoms with Crippen molar-refractivity contribution < 1.29 is 0 Å². The van der Waals surface area contributed by atoms with E-state index in [4.69, 9.17) is 0 Å². The zero-order chi connectivity index (χ0) is 46.4. The van der Waals surface area contributed by atoms with Crippen LogP contribution in [-0.4, -0.2) is 0 Å². The van der Waals surface area contributed by atoms with E-state index in [2.05, 4.69) is 279 Å². The molecule has 328 valence electrons. The molecule has 0 spiro atoms. The fraction of sp³-hybridized carbons (Fsp3) is 0.0435. The molecule has 0 heterocycles. The van der Waals surface area contributed by atoms with Gasteiger partial charge in [0.15, 0.2) is 0 Å². The maximum absolute atomic E-state index is 2.53. The minimum Gasteiger partial charge on any atom is -0.310 e. The molecule has 0 bridgehead atoms. The Labute approximate surface area is 409 Å². The summed E-state index contributed by atoms with van der Waals surface area (Å²) in [5, 5.41) is 7.56. The van der Waals surface area contributed by atoms with E-state index in [1.54, 1.807) is 0 Å². The summed E-state index contributed by atoms with van der Waals surface area (Å²) >= 11 is 0. The van der Waals surface area contributed by atoms with Gasteiger partial charge in [-0.25, -0.2) is 0 Å². The summed E-state index contributed by atoms with van der Waals surface area (Å²) in [6.45, 7) is 2.43. The number of fused-ring (bicyclic) bond motifs is 12. The van der Waals surface area contributed by atoms with Gasteiger partial charge in [-0.1, -0.05) is 231 Å². The highest BCUT2D eigenvalue weighted by atomic mass is 15.1. The maximum Gasteiger partial charge on any atom is 0.0714 e. The van der Waals surface area contributed by atoms with Crippen molar-refractivity contribution in [2.24, 2.45) is 0 Å². The van der Waals surface area contributed by atoms with Gasteiger partial charge in [0.25, 0.3) is 0 Å². The lowest BCUT2D eigenvalue weighted by atomic mass is 9.67. The van der Waals surface area contributed by atoms with Crippen molar-refractivity contribution >= 4 is 49.4 Å². The third-order valence-corrected chi connectivity index (χ3v) is 15.8. The van der Waals surface area contributed by atoms with Crippen molar-refractivity contribution in [2.75, 3.05) is 4.90 Å². The van der Waals surface area contributed by atoms with Gasteiger partial charge in [0.2, 0.25) is 0 Å². The largest absolute Gasteiger partial charge is 0.310 e. The lowest BCUT2D eigenvalue weighted by Gasteiger charge is -2.35. The van der Waals surface area contributed by atoms with E-state index in [-0.39, 0.29) is 0 Å². The smallest absolute Gasteiger partial charge is 0.0714 e. The summed E-state index contributed by atoms with van der Waals surface area (Å²) in [6, 6.07) is 99.7. The number of rotatable bonds is 7. The molecular weight excluding hydrogens is 843 g/mol. The van der Waals surface area contributed by atoms with Crippen LogP contribution in [0.1, 0.15) is 45.9 Å². The molecule has 0 N–H and O–H groups in total. The van der Waals surface area contributed by atoms with Crippen LogP contribution in [0.5, 0.6) is 0 Å². The van der Waals surface area contributed by atoms with Crippen molar-refractivity contribution in [3.05, 3.63) is 306 Å². The van der Waals surface area contributed by atoms with Gasteiger partial charge in [-0.3, -0.25) is 0 Å². The Morgan fingerprint density at radius 1 is 0.271 bits per heavy atom. The predicted molar refractivity (Wildman–Crippen MR) is 294 cm³/mol. The first-order valence-corrected chi connectivity index (χ1v) is 24.5. The zero-order valence-electron chi connectivity index (χ0n) is 38.9. The highest BCUT2D eigenvalue weighted by Crippen LogP contribution is 2.59. The van der Waals surface area contributed by atoms with Crippen LogP contribution >= 0.6 is 0 Å². The van der Waals surface area contributed by atoms with Crippen molar-refractivity contribution in [3.8, 4) is 33.4 Å². The molecule has 0 amide bonds. The van der Waals surface area contributed by atoms with Crippen LogP contribution in [0.4, 0.5) is 17.1 Å². The van der Waals surface area contributed by atoms with E-state index in [1.807, 2.05) is 0 Å². The molecule has 12 aromatic carbocycles. The Hall–Kier alpha value is -8.78. The van der Waals surface area contributed by atoms with Crippen LogP contribution in [0.3, 0.4) is 0 Å². The Bertz CT molecular complexity index is 3930. The number of hydrogen-bond acceptors (Lipinski definition) is 1. The summed E-state index contributed by atoms with van der Waals surface area (Å²) in [5.74, 6) is 0. The number of anilines is 3. The van der Waals surface area contributed by atoms with Gasteiger partial charge in [0.05, 0.1) is 5.41 Å². The highest BCUT2D eigenvalue weighted by molar-refractivity contribution is 6.25. The first-order chi connectivity index (χ1) is 34.6. The van der Waals surface area contributed by atoms with E-state index in [9.17, 15) is 0 Å². The summed E-state index contributed by atoms with van der Waals surface area (Å²) in [4.78, 5) is 2.53. The molecule has 70 heavy (non-hydrogen) atoms. The Kier molecular flexibility index (Phi) is 9.00. The van der Waals surface area contributed by atoms with Gasteiger partial charge < -0.3 is 4.90 Å². The highest BCUT2D eigenvalue weighted by Gasteiger charge is 2.47. The molecular formula is C69H47N. The second kappa shape index (κ2) is 15.6. The molecule has 0 saturated heterocycles. The van der Waals surface area contributed by atoms with Crippen LogP contribution in [0.25, 0.3) is 65.7 Å². The molecule has 0 aromatic heterocycles. The van der Waals surface area contributed by atoms with Crippen molar-refractivity contribution in [1.82, 2.24) is 0 Å². The van der Waals surface area contributed by atoms with Gasteiger partial charge in [-0.2, -0.15) is 0 Å². The first-order valence-electron chi connectivity index (χ1n) is 24.5. The fourth-order valence-corrected chi connectivity index (χ4v) is 12.7. The molecule has 0 saturated carbocycles. The molecule has 0 fully saturated rings. The molecule has 1 unspecified atom stereocenters. The van der Waals surface area contributed by atoms with E-state index in [0.29, 0.717) is 0 Å². The molecule has 2 aliphatic carbocycles. The Morgan fingerprint density at radius 3 is 1.33 bits per heavy atom. The normalized spacial score (nSPS) is 15.1. The lowest BCUT2D eigenvalue weighted by molar-refractivity contribution is 0.714. The van der Waals surface area contributed by atoms with Crippen LogP contribution < -0.4 is 4.90 Å². The van der Waals surface area contributed by atoms with Gasteiger partial charge in [-0.05, 0) is 148 Å². The van der Waals surface area contributed by atoms with E-state index >= 15 is 0 Å². The monoisotopic (exact) mass is 889 g/mol. The van der Waals surface area contributed by atoms with E-state index in [1.165, 1.54) is 105 Å². The minimum absolute atomic E-state index is 0.424. The van der Waals surface area contributed by atoms with Crippen LogP contribution in [-0.2, 0) is 10.8 Å². The third kappa shape index (κ3) is 5.73. The van der Waals surface area contributed by atoms with Gasteiger partial charge >= 0.3 is 0 Å². The predicted octanol–water partition coefficient (Wildman–Crippen LogP) is 18.0. The van der Waals surface area contributed by atoms with E-state index in [0.717, 1.165) is 17.1 Å². The summed E-state index contributed by atoms with van der Waals surface area (Å²) in [5.41, 5.74) is 18.9. The molecule has 1 nitrogen and oxygen atoms in total. The van der Waals surface area contributed by atoms with Gasteiger partial charge in [0.1, 0.15) is 0 Å². The number of nitrogens with zero attached hydrogens (tertiary/aromatic N) is 1. The van der Waals surface area contributed by atoms with Crippen molar-refractivity contribution in [2.45, 2.75) is 17.8 Å². The molecule has 2 aliphatic rings. The maximum atomic E-state index is 2.53. The lowest BCUT2D eigenvalue weighted by Crippen LogP contribution is -2.28. The number of benzene rings is 12. The first kappa shape index (κ1) is 40.3. The topological polar surface area (TPSA) is 3.24 Å². The quantitative estimate of drug-likeness (QED) is 0.144. The van der Waals surface area contributed by atoms with Gasteiger partial charge in [0, 0.05) is 22.5 Å². The average Bonchev–Trinajstić information content (AvgIpc) is 3.88. The van der Waals surface area contributed by atoms with Crippen molar-refractivity contribution in [1.29, 1.82) is 0 Å².